The number of anilines is 1. The number of nitrogens with zero attached hydrogens (tertiary/aromatic N) is 3. The van der Waals surface area contributed by atoms with Gasteiger partial charge in [-0.2, -0.15) is 5.10 Å². The molecule has 1 heterocycles. The number of hydrogen-bond acceptors (Lipinski definition) is 5. The topological polar surface area (TPSA) is 80.5 Å². The zero-order valence-corrected chi connectivity index (χ0v) is 16.4. The van der Waals surface area contributed by atoms with Crippen LogP contribution in [0.2, 0.25) is 0 Å². The van der Waals surface area contributed by atoms with Crippen molar-refractivity contribution < 1.29 is 9.53 Å². The third-order valence-corrected chi connectivity index (χ3v) is 4.57. The number of benzene rings is 3. The Morgan fingerprint density at radius 3 is 2.60 bits per heavy atom. The Balaban J connectivity index is 1.31. The Morgan fingerprint density at radius 2 is 1.83 bits per heavy atom. The first-order valence-electron chi connectivity index (χ1n) is 9.45. The van der Waals surface area contributed by atoms with E-state index >= 15 is 0 Å². The molecule has 0 saturated heterocycles. The fraction of sp³-hybridized carbons (Fsp3) is 0.0870. The summed E-state index contributed by atoms with van der Waals surface area (Å²) < 4.78 is 7.14. The van der Waals surface area contributed by atoms with E-state index in [0.29, 0.717) is 0 Å². The van der Waals surface area contributed by atoms with Crippen molar-refractivity contribution in [2.24, 2.45) is 5.10 Å². The molecule has 2 N–H and O–H groups in total. The Morgan fingerprint density at radius 1 is 1.07 bits per heavy atom. The maximum atomic E-state index is 11.9. The molecule has 0 radical (unpaired) electrons. The molecular weight excluding hydrogens is 378 g/mol. The zero-order chi connectivity index (χ0) is 20.8. The Bertz CT molecular complexity index is 1160. The Kier molecular flexibility index (Phi) is 5.70. The Hall–Kier alpha value is -4.13. The number of rotatable bonds is 7. The molecule has 0 aliphatic heterocycles. The zero-order valence-electron chi connectivity index (χ0n) is 16.4. The lowest BCUT2D eigenvalue weighted by Crippen LogP contribution is -2.25. The van der Waals surface area contributed by atoms with Gasteiger partial charge in [0.25, 0.3) is 5.91 Å². The van der Waals surface area contributed by atoms with Crippen molar-refractivity contribution in [2.75, 3.05) is 19.0 Å². The number of carbonyl (C=O) groups excluding carboxylic acids is 1. The lowest BCUT2D eigenvalue weighted by Gasteiger charge is -2.06. The summed E-state index contributed by atoms with van der Waals surface area (Å²) in [5, 5.41) is 7.05. The van der Waals surface area contributed by atoms with Gasteiger partial charge in [0.2, 0.25) is 0 Å². The number of nitrogens with one attached hydrogen (secondary N) is 2. The molecule has 4 rings (SSSR count). The van der Waals surface area contributed by atoms with Crippen LogP contribution in [0.4, 0.5) is 5.69 Å². The van der Waals surface area contributed by atoms with Crippen molar-refractivity contribution in [3.05, 3.63) is 84.7 Å². The van der Waals surface area contributed by atoms with Crippen molar-refractivity contribution in [3.8, 4) is 11.4 Å². The molecule has 1 aromatic heterocycles. The van der Waals surface area contributed by atoms with Gasteiger partial charge < -0.3 is 10.1 Å². The minimum Gasteiger partial charge on any atom is -0.497 e. The molecule has 0 aliphatic rings. The summed E-state index contributed by atoms with van der Waals surface area (Å²) in [5.41, 5.74) is 7.24. The van der Waals surface area contributed by atoms with Crippen molar-refractivity contribution in [1.82, 2.24) is 15.0 Å². The first-order valence-corrected chi connectivity index (χ1v) is 9.45. The van der Waals surface area contributed by atoms with Gasteiger partial charge in [-0.25, -0.2) is 10.4 Å². The molecule has 0 fully saturated rings. The summed E-state index contributed by atoms with van der Waals surface area (Å²) >= 11 is 0. The number of hydrazone groups is 1. The molecule has 1 amide bonds. The number of imidazole rings is 1. The summed E-state index contributed by atoms with van der Waals surface area (Å²) in [6, 6.07) is 23.2. The second-order valence-electron chi connectivity index (χ2n) is 6.57. The van der Waals surface area contributed by atoms with E-state index in [9.17, 15) is 4.79 Å². The molecule has 0 spiro atoms. The van der Waals surface area contributed by atoms with Crippen LogP contribution in [0.5, 0.6) is 5.75 Å². The fourth-order valence-corrected chi connectivity index (χ4v) is 3.00. The third kappa shape index (κ3) is 4.47. The van der Waals surface area contributed by atoms with Gasteiger partial charge in [0.05, 0.1) is 30.9 Å². The van der Waals surface area contributed by atoms with Crippen LogP contribution in [0.25, 0.3) is 16.7 Å². The van der Waals surface area contributed by atoms with E-state index in [1.165, 1.54) is 0 Å². The van der Waals surface area contributed by atoms with Crippen LogP contribution in [0, 0.1) is 0 Å². The van der Waals surface area contributed by atoms with E-state index in [4.69, 9.17) is 4.74 Å². The van der Waals surface area contributed by atoms with Gasteiger partial charge in [0, 0.05) is 11.4 Å². The monoisotopic (exact) mass is 399 g/mol. The number of amides is 1. The number of fused-ring (bicyclic) bond motifs is 1. The number of aromatic nitrogens is 2. The maximum Gasteiger partial charge on any atom is 0.259 e. The highest BCUT2D eigenvalue weighted by atomic mass is 16.5. The largest absolute Gasteiger partial charge is 0.497 e. The van der Waals surface area contributed by atoms with E-state index in [1.54, 1.807) is 13.3 Å². The first-order chi connectivity index (χ1) is 14.7. The minimum absolute atomic E-state index is 0.121. The van der Waals surface area contributed by atoms with Crippen molar-refractivity contribution in [1.29, 1.82) is 0 Å². The molecule has 7 heteroatoms. The van der Waals surface area contributed by atoms with Gasteiger partial charge in [0.15, 0.2) is 0 Å². The number of carbonyl (C=O) groups is 1. The van der Waals surface area contributed by atoms with E-state index in [2.05, 4.69) is 20.8 Å². The van der Waals surface area contributed by atoms with Crippen molar-refractivity contribution >= 4 is 28.8 Å². The first kappa shape index (κ1) is 19.2. The second kappa shape index (κ2) is 8.91. The quantitative estimate of drug-likeness (QED) is 0.368. The molecule has 150 valence electrons. The van der Waals surface area contributed by atoms with E-state index < -0.39 is 0 Å². The lowest BCUT2D eigenvalue weighted by molar-refractivity contribution is -0.119. The molecule has 3 aromatic carbocycles. The predicted octanol–water partition coefficient (Wildman–Crippen LogP) is 3.60. The summed E-state index contributed by atoms with van der Waals surface area (Å²) in [6.07, 6.45) is 3.42. The average molecular weight is 399 g/mol. The van der Waals surface area contributed by atoms with Gasteiger partial charge in [-0.15, -0.1) is 0 Å². The molecule has 0 unspecified atom stereocenters. The molecule has 0 bridgehead atoms. The minimum atomic E-state index is -0.233. The molecule has 4 aromatic rings. The van der Waals surface area contributed by atoms with Crippen molar-refractivity contribution in [3.63, 3.8) is 0 Å². The number of ether oxygens (including phenoxy) is 1. The standard InChI is InChI=1S/C23H21N5O2/c1-30-20-12-8-18(9-13-20)24-15-23(29)27-26-14-17-6-10-19(11-7-17)28-16-25-21-4-2-3-5-22(21)28/h2-14,16,24H,15H2,1H3,(H,27,29)/b26-14-. The lowest BCUT2D eigenvalue weighted by atomic mass is 10.2. The van der Waals surface area contributed by atoms with Gasteiger partial charge >= 0.3 is 0 Å². The Labute approximate surface area is 174 Å². The van der Waals surface area contributed by atoms with Gasteiger partial charge in [-0.1, -0.05) is 24.3 Å². The van der Waals surface area contributed by atoms with Crippen LogP contribution >= 0.6 is 0 Å². The number of hydrogen-bond donors (Lipinski definition) is 2. The maximum absolute atomic E-state index is 11.9. The van der Waals surface area contributed by atoms with E-state index in [0.717, 1.165) is 33.7 Å². The van der Waals surface area contributed by atoms with Crippen LogP contribution in [0.15, 0.2) is 84.2 Å². The second-order valence-corrected chi connectivity index (χ2v) is 6.57. The molecule has 7 nitrogen and oxygen atoms in total. The van der Waals surface area contributed by atoms with Gasteiger partial charge in [-0.3, -0.25) is 9.36 Å². The summed E-state index contributed by atoms with van der Waals surface area (Å²) in [4.78, 5) is 16.4. The van der Waals surface area contributed by atoms with E-state index in [1.807, 2.05) is 83.7 Å². The summed E-state index contributed by atoms with van der Waals surface area (Å²) in [5.74, 6) is 0.533. The van der Waals surface area contributed by atoms with E-state index in [-0.39, 0.29) is 12.5 Å². The third-order valence-electron chi connectivity index (χ3n) is 4.57. The fourth-order valence-electron chi connectivity index (χ4n) is 3.00. The van der Waals surface area contributed by atoms with Crippen molar-refractivity contribution in [2.45, 2.75) is 0 Å². The highest BCUT2D eigenvalue weighted by Gasteiger charge is 2.03. The molecular formula is C23H21N5O2. The average Bonchev–Trinajstić information content (AvgIpc) is 3.23. The molecule has 30 heavy (non-hydrogen) atoms. The van der Waals surface area contributed by atoms with Crippen LogP contribution in [0.3, 0.4) is 0 Å². The van der Waals surface area contributed by atoms with Gasteiger partial charge in [-0.05, 0) is 54.1 Å². The van der Waals surface area contributed by atoms with Crippen LogP contribution in [-0.2, 0) is 4.79 Å². The summed E-state index contributed by atoms with van der Waals surface area (Å²) in [6.45, 7) is 0.121. The van der Waals surface area contributed by atoms with Crippen LogP contribution in [-0.4, -0.2) is 35.3 Å². The molecule has 0 saturated carbocycles. The van der Waals surface area contributed by atoms with Gasteiger partial charge in [0.1, 0.15) is 12.1 Å². The normalized spacial score (nSPS) is 11.0. The predicted molar refractivity (Wildman–Crippen MR) is 118 cm³/mol. The SMILES string of the molecule is COc1ccc(NCC(=O)N/N=C\c2ccc(-n3cnc4ccccc43)cc2)cc1. The molecule has 0 atom stereocenters. The highest BCUT2D eigenvalue weighted by Crippen LogP contribution is 2.18. The van der Waals surface area contributed by atoms with Crippen LogP contribution < -0.4 is 15.5 Å². The highest BCUT2D eigenvalue weighted by molar-refractivity contribution is 5.84. The summed E-state index contributed by atoms with van der Waals surface area (Å²) in [7, 11) is 1.61. The number of para-hydroxylation sites is 2. The smallest absolute Gasteiger partial charge is 0.259 e. The number of methoxy groups -OCH3 is 1. The molecule has 0 aliphatic carbocycles. The van der Waals surface area contributed by atoms with Crippen LogP contribution in [0.1, 0.15) is 5.56 Å².